The van der Waals surface area contributed by atoms with Gasteiger partial charge in [-0.15, -0.1) is 11.3 Å². The molecule has 0 aliphatic carbocycles. The fraction of sp³-hybridized carbons (Fsp3) is 0.353. The lowest BCUT2D eigenvalue weighted by Gasteiger charge is -2.08. The van der Waals surface area contributed by atoms with Crippen molar-refractivity contribution in [2.24, 2.45) is 0 Å². The van der Waals surface area contributed by atoms with Crippen molar-refractivity contribution in [2.45, 2.75) is 37.6 Å². The number of ether oxygens (including phenoxy) is 1. The van der Waals surface area contributed by atoms with E-state index in [0.717, 1.165) is 35.1 Å². The van der Waals surface area contributed by atoms with Crippen LogP contribution in [0.25, 0.3) is 11.0 Å². The highest BCUT2D eigenvalue weighted by molar-refractivity contribution is 7.98. The minimum atomic E-state index is -0.358. The van der Waals surface area contributed by atoms with Gasteiger partial charge in [0.25, 0.3) is 0 Å². The van der Waals surface area contributed by atoms with Gasteiger partial charge in [0.15, 0.2) is 5.16 Å². The molecule has 0 bridgehead atoms. The molecule has 3 aromatic heterocycles. The topological polar surface area (TPSA) is 57.0 Å². The molecule has 0 N–H and O–H groups in total. The summed E-state index contributed by atoms with van der Waals surface area (Å²) in [4.78, 5) is 21.4. The van der Waals surface area contributed by atoms with Gasteiger partial charge in [-0.25, -0.2) is 14.3 Å². The average Bonchev–Trinajstić information content (AvgIpc) is 3.15. The van der Waals surface area contributed by atoms with Crippen molar-refractivity contribution in [1.82, 2.24) is 14.5 Å². The molecular formula is C17H19N3O2S2. The van der Waals surface area contributed by atoms with Gasteiger partial charge in [-0.2, -0.15) is 0 Å². The zero-order valence-corrected chi connectivity index (χ0v) is 15.3. The number of unbranched alkanes of at least 4 members (excludes halogenated alkanes) is 1. The number of fused-ring (bicyclic) bond motifs is 1. The van der Waals surface area contributed by atoms with Crippen LogP contribution in [0.2, 0.25) is 0 Å². The first kappa shape index (κ1) is 17.0. The van der Waals surface area contributed by atoms with E-state index in [9.17, 15) is 4.79 Å². The normalized spacial score (nSPS) is 11.1. The van der Waals surface area contributed by atoms with Crippen LogP contribution in [0, 0.1) is 6.92 Å². The lowest BCUT2D eigenvalue weighted by molar-refractivity contribution is 0.145. The number of hydrogen-bond acceptors (Lipinski definition) is 6. The van der Waals surface area contributed by atoms with Crippen molar-refractivity contribution in [2.75, 3.05) is 6.61 Å². The van der Waals surface area contributed by atoms with Crippen LogP contribution < -0.4 is 0 Å². The summed E-state index contributed by atoms with van der Waals surface area (Å²) in [6, 6.07) is 4.03. The molecule has 0 aliphatic heterocycles. The Morgan fingerprint density at radius 3 is 3.00 bits per heavy atom. The van der Waals surface area contributed by atoms with Crippen molar-refractivity contribution in [3.8, 4) is 0 Å². The Bertz CT molecular complexity index is 824. The molecule has 0 unspecified atom stereocenters. The summed E-state index contributed by atoms with van der Waals surface area (Å²) >= 11 is 3.03. The second kappa shape index (κ2) is 7.81. The van der Waals surface area contributed by atoms with Crippen molar-refractivity contribution in [3.63, 3.8) is 0 Å². The largest absolute Gasteiger partial charge is 0.449 e. The van der Waals surface area contributed by atoms with Crippen LogP contribution in [0.1, 0.15) is 31.0 Å². The Kier molecular flexibility index (Phi) is 5.52. The molecule has 0 saturated heterocycles. The molecule has 0 aromatic carbocycles. The van der Waals surface area contributed by atoms with Crippen LogP contribution in [0.5, 0.6) is 0 Å². The molecular weight excluding hydrogens is 342 g/mol. The van der Waals surface area contributed by atoms with Crippen LogP contribution in [0.15, 0.2) is 34.2 Å². The molecule has 7 heteroatoms. The summed E-state index contributed by atoms with van der Waals surface area (Å²) in [5.41, 5.74) is 3.72. The van der Waals surface area contributed by atoms with E-state index in [1.54, 1.807) is 4.57 Å². The van der Waals surface area contributed by atoms with E-state index >= 15 is 0 Å². The molecule has 24 heavy (non-hydrogen) atoms. The first-order valence-electron chi connectivity index (χ1n) is 7.85. The highest BCUT2D eigenvalue weighted by atomic mass is 32.2. The van der Waals surface area contributed by atoms with Crippen molar-refractivity contribution >= 4 is 40.2 Å². The minimum absolute atomic E-state index is 0.358. The van der Waals surface area contributed by atoms with Crippen molar-refractivity contribution in [3.05, 3.63) is 40.3 Å². The molecule has 3 aromatic rings. The van der Waals surface area contributed by atoms with E-state index in [-0.39, 0.29) is 6.09 Å². The van der Waals surface area contributed by atoms with Crippen LogP contribution in [0.3, 0.4) is 0 Å². The second-order valence-electron chi connectivity index (χ2n) is 5.46. The van der Waals surface area contributed by atoms with E-state index in [0.29, 0.717) is 17.5 Å². The average molecular weight is 361 g/mol. The monoisotopic (exact) mass is 361 g/mol. The highest BCUT2D eigenvalue weighted by Crippen LogP contribution is 2.28. The van der Waals surface area contributed by atoms with Gasteiger partial charge in [0.2, 0.25) is 0 Å². The number of carbonyl (C=O) groups is 1. The molecule has 3 heterocycles. The van der Waals surface area contributed by atoms with E-state index in [4.69, 9.17) is 4.74 Å². The summed E-state index contributed by atoms with van der Waals surface area (Å²) < 4.78 is 6.94. The van der Waals surface area contributed by atoms with E-state index in [1.165, 1.54) is 23.1 Å². The van der Waals surface area contributed by atoms with Gasteiger partial charge in [-0.3, -0.25) is 4.98 Å². The number of aryl methyl sites for hydroxylation is 1. The third-order valence-corrected chi connectivity index (χ3v) is 5.19. The molecule has 5 nitrogen and oxygen atoms in total. The Balaban J connectivity index is 1.79. The Morgan fingerprint density at radius 2 is 2.25 bits per heavy atom. The highest BCUT2D eigenvalue weighted by Gasteiger charge is 2.19. The van der Waals surface area contributed by atoms with Gasteiger partial charge < -0.3 is 4.74 Å². The number of thiophene rings is 1. The number of carbonyl (C=O) groups excluding carboxylic acids is 1. The summed E-state index contributed by atoms with van der Waals surface area (Å²) in [5.74, 6) is 0.658. The SMILES string of the molecule is CCCCOC(=O)n1c(SCc2ccc(C)cn2)nc2cscc21. The third kappa shape index (κ3) is 3.79. The van der Waals surface area contributed by atoms with Gasteiger partial charge in [0, 0.05) is 22.7 Å². The summed E-state index contributed by atoms with van der Waals surface area (Å²) in [7, 11) is 0. The van der Waals surface area contributed by atoms with E-state index < -0.39 is 0 Å². The Morgan fingerprint density at radius 1 is 1.38 bits per heavy atom. The fourth-order valence-electron chi connectivity index (χ4n) is 2.15. The van der Waals surface area contributed by atoms with Gasteiger partial charge in [0.1, 0.15) is 5.52 Å². The molecule has 0 radical (unpaired) electrons. The zero-order valence-electron chi connectivity index (χ0n) is 13.7. The molecule has 126 valence electrons. The Hall–Kier alpha value is -1.86. The smallest absolute Gasteiger partial charge is 0.420 e. The number of rotatable bonds is 6. The van der Waals surface area contributed by atoms with Crippen molar-refractivity contribution in [1.29, 1.82) is 0 Å². The number of imidazole rings is 1. The zero-order chi connectivity index (χ0) is 16.9. The van der Waals surface area contributed by atoms with Crippen molar-refractivity contribution < 1.29 is 9.53 Å². The molecule has 3 rings (SSSR count). The molecule has 0 amide bonds. The molecule has 0 spiro atoms. The van der Waals surface area contributed by atoms with Crippen LogP contribution >= 0.6 is 23.1 Å². The fourth-order valence-corrected chi connectivity index (χ4v) is 3.79. The predicted octanol–water partition coefficient (Wildman–Crippen LogP) is 4.88. The lowest BCUT2D eigenvalue weighted by atomic mass is 10.3. The number of aromatic nitrogens is 3. The maximum atomic E-state index is 12.4. The summed E-state index contributed by atoms with van der Waals surface area (Å²) in [5, 5.41) is 4.52. The van der Waals surface area contributed by atoms with Gasteiger partial charge in [-0.05, 0) is 25.0 Å². The first-order valence-corrected chi connectivity index (χ1v) is 9.78. The van der Waals surface area contributed by atoms with Gasteiger partial charge in [-0.1, -0.05) is 31.2 Å². The van der Waals surface area contributed by atoms with E-state index in [1.807, 2.05) is 36.0 Å². The standard InChI is InChI=1S/C17H19N3O2S2/c1-3-4-7-22-17(21)20-15-11-23-10-14(15)19-16(20)24-9-13-6-5-12(2)8-18-13/h5-6,8,10-11H,3-4,7,9H2,1-2H3. The van der Waals surface area contributed by atoms with Crippen LogP contribution in [0.4, 0.5) is 4.79 Å². The maximum Gasteiger partial charge on any atom is 0.420 e. The predicted molar refractivity (Wildman–Crippen MR) is 97.8 cm³/mol. The molecule has 0 saturated carbocycles. The number of pyridine rings is 1. The number of nitrogens with zero attached hydrogens (tertiary/aromatic N) is 3. The number of thioether (sulfide) groups is 1. The minimum Gasteiger partial charge on any atom is -0.449 e. The first-order chi connectivity index (χ1) is 11.7. The summed E-state index contributed by atoms with van der Waals surface area (Å²) in [6.07, 6.45) is 3.35. The van der Waals surface area contributed by atoms with Gasteiger partial charge >= 0.3 is 6.09 Å². The van der Waals surface area contributed by atoms with Crippen LogP contribution in [-0.2, 0) is 10.5 Å². The number of hydrogen-bond donors (Lipinski definition) is 0. The van der Waals surface area contributed by atoms with E-state index in [2.05, 4.69) is 16.9 Å². The molecule has 0 aliphatic rings. The molecule has 0 atom stereocenters. The lowest BCUT2D eigenvalue weighted by Crippen LogP contribution is -2.15. The summed E-state index contributed by atoms with van der Waals surface area (Å²) in [6.45, 7) is 4.51. The maximum absolute atomic E-state index is 12.4. The quantitative estimate of drug-likeness (QED) is 0.463. The third-order valence-electron chi connectivity index (χ3n) is 3.50. The van der Waals surface area contributed by atoms with Gasteiger partial charge in [0.05, 0.1) is 17.8 Å². The Labute approximate surface area is 149 Å². The second-order valence-corrected chi connectivity index (χ2v) is 7.14. The molecule has 0 fully saturated rings. The van der Waals surface area contributed by atoms with Crippen LogP contribution in [-0.4, -0.2) is 27.2 Å².